The summed E-state index contributed by atoms with van der Waals surface area (Å²) >= 11 is 0. The molecule has 98 valence electrons. The van der Waals surface area contributed by atoms with Crippen LogP contribution < -0.4 is 14.8 Å². The number of hydrogen-bond acceptors (Lipinski definition) is 4. The number of hydrogen-bond donors (Lipinski definition) is 2. The minimum absolute atomic E-state index is 0.0283. The molecule has 5 heteroatoms. The van der Waals surface area contributed by atoms with Crippen molar-refractivity contribution in [2.45, 2.75) is 26.0 Å². The lowest BCUT2D eigenvalue weighted by Gasteiger charge is -2.10. The van der Waals surface area contributed by atoms with Crippen molar-refractivity contribution in [1.82, 2.24) is 5.32 Å². The summed E-state index contributed by atoms with van der Waals surface area (Å²) in [6.07, 6.45) is -0.571. The largest absolute Gasteiger partial charge is 0.490 e. The van der Waals surface area contributed by atoms with Crippen molar-refractivity contribution in [2.75, 3.05) is 13.2 Å². The first-order valence-corrected chi connectivity index (χ1v) is 5.93. The Balaban J connectivity index is 1.93. The highest BCUT2D eigenvalue weighted by molar-refractivity contribution is 5.77. The van der Waals surface area contributed by atoms with Crippen molar-refractivity contribution in [3.63, 3.8) is 0 Å². The van der Waals surface area contributed by atoms with Crippen LogP contribution >= 0.6 is 0 Å². The van der Waals surface area contributed by atoms with Crippen LogP contribution in [-0.4, -0.2) is 30.3 Å². The zero-order valence-corrected chi connectivity index (χ0v) is 10.5. The summed E-state index contributed by atoms with van der Waals surface area (Å²) in [7, 11) is 0. The van der Waals surface area contributed by atoms with Gasteiger partial charge in [0.25, 0.3) is 5.91 Å². The van der Waals surface area contributed by atoms with E-state index in [2.05, 4.69) is 5.32 Å². The van der Waals surface area contributed by atoms with Crippen LogP contribution in [0.3, 0.4) is 0 Å². The number of benzene rings is 1. The molecule has 1 aliphatic heterocycles. The number of fused-ring (bicyclic) bond motifs is 1. The van der Waals surface area contributed by atoms with Crippen LogP contribution in [-0.2, 0) is 4.79 Å². The van der Waals surface area contributed by atoms with Gasteiger partial charge in [0.2, 0.25) is 0 Å². The Morgan fingerprint density at radius 1 is 1.61 bits per heavy atom. The maximum Gasteiger partial charge on any atom is 0.258 e. The number of rotatable bonds is 4. The van der Waals surface area contributed by atoms with Crippen molar-refractivity contribution in [2.24, 2.45) is 0 Å². The Morgan fingerprint density at radius 2 is 2.39 bits per heavy atom. The average molecular weight is 251 g/mol. The van der Waals surface area contributed by atoms with Crippen molar-refractivity contribution in [1.29, 1.82) is 0 Å². The third-order valence-corrected chi connectivity index (χ3v) is 2.56. The molecule has 1 heterocycles. The number of carbonyl (C=O) groups excluding carboxylic acids is 1. The third kappa shape index (κ3) is 2.92. The van der Waals surface area contributed by atoms with E-state index in [1.165, 1.54) is 0 Å². The first-order valence-electron chi connectivity index (χ1n) is 5.93. The topological polar surface area (TPSA) is 67.8 Å². The molecule has 2 rings (SSSR count). The van der Waals surface area contributed by atoms with E-state index in [1.807, 2.05) is 13.8 Å². The predicted octanol–water partition coefficient (Wildman–Crippen LogP) is 1.02. The van der Waals surface area contributed by atoms with Gasteiger partial charge in [0.15, 0.2) is 6.61 Å². The van der Waals surface area contributed by atoms with E-state index in [0.29, 0.717) is 11.5 Å². The Bertz CT molecular complexity index is 445. The molecule has 1 aromatic carbocycles. The Morgan fingerprint density at radius 3 is 3.11 bits per heavy atom. The van der Waals surface area contributed by atoms with Crippen LogP contribution in [0.5, 0.6) is 11.5 Å². The zero-order chi connectivity index (χ0) is 13.1. The van der Waals surface area contributed by atoms with Gasteiger partial charge in [0, 0.05) is 17.7 Å². The first-order chi connectivity index (χ1) is 8.56. The molecule has 0 aromatic heterocycles. The van der Waals surface area contributed by atoms with Crippen molar-refractivity contribution in [3.8, 4) is 11.5 Å². The lowest BCUT2D eigenvalue weighted by Crippen LogP contribution is -2.34. The zero-order valence-electron chi connectivity index (χ0n) is 10.5. The summed E-state index contributed by atoms with van der Waals surface area (Å²) < 4.78 is 10.6. The monoisotopic (exact) mass is 251 g/mol. The Labute approximate surface area is 106 Å². The van der Waals surface area contributed by atoms with E-state index in [-0.39, 0.29) is 25.2 Å². The second-order valence-corrected chi connectivity index (χ2v) is 4.54. The molecule has 0 saturated heterocycles. The van der Waals surface area contributed by atoms with Crippen LogP contribution in [0.15, 0.2) is 18.2 Å². The summed E-state index contributed by atoms with van der Waals surface area (Å²) in [5.74, 6) is 1.01. The third-order valence-electron chi connectivity index (χ3n) is 2.56. The van der Waals surface area contributed by atoms with E-state index < -0.39 is 6.10 Å². The standard InChI is InChI=1S/C13H17NO4/c1-8(2)14-13(16)7-17-9-3-4-10-11(15)6-18-12(10)5-9/h3-5,8,11,15H,6-7H2,1-2H3,(H,14,16). The van der Waals surface area contributed by atoms with E-state index in [9.17, 15) is 9.90 Å². The van der Waals surface area contributed by atoms with Crippen LogP contribution in [0.4, 0.5) is 0 Å². The molecule has 1 unspecified atom stereocenters. The highest BCUT2D eigenvalue weighted by Gasteiger charge is 2.22. The SMILES string of the molecule is CC(C)NC(=O)COc1ccc2c(c1)OCC2O. The minimum atomic E-state index is -0.571. The minimum Gasteiger partial charge on any atom is -0.490 e. The van der Waals surface area contributed by atoms with E-state index in [4.69, 9.17) is 9.47 Å². The molecule has 2 N–H and O–H groups in total. The van der Waals surface area contributed by atoms with Gasteiger partial charge in [-0.3, -0.25) is 4.79 Å². The fourth-order valence-corrected chi connectivity index (χ4v) is 1.78. The normalized spacial score (nSPS) is 17.2. The summed E-state index contributed by atoms with van der Waals surface area (Å²) in [6.45, 7) is 4.02. The van der Waals surface area contributed by atoms with Crippen LogP contribution in [0, 0.1) is 0 Å². The fraction of sp³-hybridized carbons (Fsp3) is 0.462. The maximum absolute atomic E-state index is 11.4. The highest BCUT2D eigenvalue weighted by Crippen LogP contribution is 2.34. The second-order valence-electron chi connectivity index (χ2n) is 4.54. The molecule has 1 aliphatic rings. The summed E-state index contributed by atoms with van der Waals surface area (Å²) in [6, 6.07) is 5.26. The molecule has 1 amide bonds. The quantitative estimate of drug-likeness (QED) is 0.838. The molecular weight excluding hydrogens is 234 g/mol. The molecule has 0 radical (unpaired) electrons. The predicted molar refractivity (Wildman–Crippen MR) is 65.7 cm³/mol. The average Bonchev–Trinajstić information content (AvgIpc) is 2.67. The number of aliphatic hydroxyl groups excluding tert-OH is 1. The number of nitrogens with one attached hydrogen (secondary N) is 1. The van der Waals surface area contributed by atoms with Crippen molar-refractivity contribution >= 4 is 5.91 Å². The van der Waals surface area contributed by atoms with Crippen molar-refractivity contribution < 1.29 is 19.4 Å². The lowest BCUT2D eigenvalue weighted by molar-refractivity contribution is -0.123. The van der Waals surface area contributed by atoms with Crippen LogP contribution in [0.1, 0.15) is 25.5 Å². The molecule has 0 spiro atoms. The molecule has 1 atom stereocenters. The summed E-state index contributed by atoms with van der Waals surface area (Å²) in [5.41, 5.74) is 0.758. The lowest BCUT2D eigenvalue weighted by atomic mass is 10.1. The highest BCUT2D eigenvalue weighted by atomic mass is 16.5. The van der Waals surface area contributed by atoms with Gasteiger partial charge in [-0.25, -0.2) is 0 Å². The molecule has 18 heavy (non-hydrogen) atoms. The fourth-order valence-electron chi connectivity index (χ4n) is 1.78. The molecular formula is C13H17NO4. The van der Waals surface area contributed by atoms with Gasteiger partial charge in [-0.15, -0.1) is 0 Å². The summed E-state index contributed by atoms with van der Waals surface area (Å²) in [4.78, 5) is 11.4. The van der Waals surface area contributed by atoms with Gasteiger partial charge in [0.1, 0.15) is 24.2 Å². The van der Waals surface area contributed by atoms with Gasteiger partial charge in [-0.1, -0.05) is 0 Å². The molecule has 0 fully saturated rings. The van der Waals surface area contributed by atoms with Gasteiger partial charge in [-0.2, -0.15) is 0 Å². The Kier molecular flexibility index (Phi) is 3.72. The van der Waals surface area contributed by atoms with Crippen LogP contribution in [0.25, 0.3) is 0 Å². The van der Waals surface area contributed by atoms with E-state index in [0.717, 1.165) is 5.56 Å². The molecule has 1 aromatic rings. The number of carbonyl (C=O) groups is 1. The number of amides is 1. The van der Waals surface area contributed by atoms with Gasteiger partial charge < -0.3 is 19.9 Å². The van der Waals surface area contributed by atoms with Gasteiger partial charge >= 0.3 is 0 Å². The smallest absolute Gasteiger partial charge is 0.258 e. The van der Waals surface area contributed by atoms with E-state index >= 15 is 0 Å². The van der Waals surface area contributed by atoms with E-state index in [1.54, 1.807) is 18.2 Å². The summed E-state index contributed by atoms with van der Waals surface area (Å²) in [5, 5.41) is 12.3. The molecule has 0 saturated carbocycles. The second kappa shape index (κ2) is 5.27. The number of aliphatic hydroxyl groups is 1. The molecule has 5 nitrogen and oxygen atoms in total. The maximum atomic E-state index is 11.4. The van der Waals surface area contributed by atoms with Gasteiger partial charge in [-0.05, 0) is 26.0 Å². The molecule has 0 aliphatic carbocycles. The van der Waals surface area contributed by atoms with Crippen LogP contribution in [0.2, 0.25) is 0 Å². The number of ether oxygens (including phenoxy) is 2. The Hall–Kier alpha value is -1.75. The first kappa shape index (κ1) is 12.7. The van der Waals surface area contributed by atoms with Crippen molar-refractivity contribution in [3.05, 3.63) is 23.8 Å². The van der Waals surface area contributed by atoms with Gasteiger partial charge in [0.05, 0.1) is 0 Å². The molecule has 0 bridgehead atoms.